The van der Waals surface area contributed by atoms with Crippen LogP contribution in [0.25, 0.3) is 0 Å². The second-order valence-corrected chi connectivity index (χ2v) is 5.44. The number of amides is 2. The molecule has 0 radical (unpaired) electrons. The Morgan fingerprint density at radius 2 is 2.13 bits per heavy atom. The SMILES string of the molecule is CCNC(=O)CN1CCCN(C(=O)c2cccnc2OC)CC1. The van der Waals surface area contributed by atoms with Crippen molar-refractivity contribution in [1.29, 1.82) is 0 Å². The molecule has 1 aromatic rings. The monoisotopic (exact) mass is 320 g/mol. The summed E-state index contributed by atoms with van der Waals surface area (Å²) in [4.78, 5) is 32.3. The van der Waals surface area contributed by atoms with E-state index in [2.05, 4.69) is 15.2 Å². The molecule has 1 saturated heterocycles. The maximum Gasteiger partial charge on any atom is 0.259 e. The number of pyridine rings is 1. The molecule has 1 aliphatic rings. The standard InChI is InChI=1S/C16H24N4O3/c1-3-17-14(21)12-19-8-5-9-20(11-10-19)16(22)13-6-4-7-18-15(13)23-2/h4,6-7H,3,5,8-12H2,1-2H3,(H,17,21). The fraction of sp³-hybridized carbons (Fsp3) is 0.562. The molecule has 126 valence electrons. The molecular formula is C16H24N4O3. The minimum Gasteiger partial charge on any atom is -0.480 e. The first kappa shape index (κ1) is 17.2. The summed E-state index contributed by atoms with van der Waals surface area (Å²) in [7, 11) is 1.51. The summed E-state index contributed by atoms with van der Waals surface area (Å²) in [5, 5.41) is 2.80. The predicted octanol–water partition coefficient (Wildman–Crippen LogP) is 0.374. The van der Waals surface area contributed by atoms with Gasteiger partial charge in [-0.25, -0.2) is 4.98 Å². The zero-order chi connectivity index (χ0) is 16.7. The molecule has 7 heteroatoms. The highest BCUT2D eigenvalue weighted by atomic mass is 16.5. The van der Waals surface area contributed by atoms with E-state index in [9.17, 15) is 9.59 Å². The van der Waals surface area contributed by atoms with E-state index in [-0.39, 0.29) is 11.8 Å². The number of rotatable bonds is 5. The van der Waals surface area contributed by atoms with Crippen LogP contribution in [-0.2, 0) is 4.79 Å². The lowest BCUT2D eigenvalue weighted by Crippen LogP contribution is -2.40. The molecule has 0 unspecified atom stereocenters. The van der Waals surface area contributed by atoms with Gasteiger partial charge in [0.1, 0.15) is 5.56 Å². The molecule has 2 heterocycles. The molecular weight excluding hydrogens is 296 g/mol. The van der Waals surface area contributed by atoms with Gasteiger partial charge in [-0.3, -0.25) is 14.5 Å². The molecule has 0 aromatic carbocycles. The summed E-state index contributed by atoms with van der Waals surface area (Å²) < 4.78 is 5.17. The van der Waals surface area contributed by atoms with Crippen LogP contribution in [0.2, 0.25) is 0 Å². The van der Waals surface area contributed by atoms with E-state index in [1.165, 1.54) is 7.11 Å². The van der Waals surface area contributed by atoms with E-state index in [4.69, 9.17) is 4.74 Å². The summed E-state index contributed by atoms with van der Waals surface area (Å²) >= 11 is 0. The highest BCUT2D eigenvalue weighted by molar-refractivity contribution is 5.96. The minimum absolute atomic E-state index is 0.0289. The summed E-state index contributed by atoms with van der Waals surface area (Å²) in [6, 6.07) is 3.46. The van der Waals surface area contributed by atoms with Crippen molar-refractivity contribution in [2.24, 2.45) is 0 Å². The molecule has 23 heavy (non-hydrogen) atoms. The highest BCUT2D eigenvalue weighted by Gasteiger charge is 2.23. The van der Waals surface area contributed by atoms with Crippen LogP contribution in [0.1, 0.15) is 23.7 Å². The molecule has 1 aliphatic heterocycles. The van der Waals surface area contributed by atoms with Crippen molar-refractivity contribution < 1.29 is 14.3 Å². The average Bonchev–Trinajstić information content (AvgIpc) is 2.80. The van der Waals surface area contributed by atoms with Gasteiger partial charge in [0.25, 0.3) is 5.91 Å². The van der Waals surface area contributed by atoms with Crippen LogP contribution in [0.3, 0.4) is 0 Å². The van der Waals surface area contributed by atoms with Crippen molar-refractivity contribution in [2.75, 3.05) is 46.4 Å². The van der Waals surface area contributed by atoms with Gasteiger partial charge in [0, 0.05) is 38.9 Å². The van der Waals surface area contributed by atoms with Gasteiger partial charge in [0.2, 0.25) is 11.8 Å². The summed E-state index contributed by atoms with van der Waals surface area (Å²) in [5.41, 5.74) is 0.479. The van der Waals surface area contributed by atoms with Crippen LogP contribution < -0.4 is 10.1 Å². The van der Waals surface area contributed by atoms with Crippen LogP contribution >= 0.6 is 0 Å². The Morgan fingerprint density at radius 3 is 2.87 bits per heavy atom. The number of carbonyl (C=O) groups excluding carboxylic acids is 2. The second-order valence-electron chi connectivity index (χ2n) is 5.44. The van der Waals surface area contributed by atoms with Crippen LogP contribution in [0, 0.1) is 0 Å². The minimum atomic E-state index is -0.0743. The maximum absolute atomic E-state index is 12.7. The zero-order valence-electron chi connectivity index (χ0n) is 13.7. The number of nitrogens with zero attached hydrogens (tertiary/aromatic N) is 3. The van der Waals surface area contributed by atoms with E-state index >= 15 is 0 Å². The Labute approximate surface area is 136 Å². The Morgan fingerprint density at radius 1 is 1.30 bits per heavy atom. The van der Waals surface area contributed by atoms with E-state index in [1.807, 2.05) is 6.92 Å². The first-order valence-corrected chi connectivity index (χ1v) is 7.93. The molecule has 0 atom stereocenters. The van der Waals surface area contributed by atoms with E-state index in [1.54, 1.807) is 23.2 Å². The number of nitrogens with one attached hydrogen (secondary N) is 1. The molecule has 1 fully saturated rings. The van der Waals surface area contributed by atoms with Crippen molar-refractivity contribution in [3.63, 3.8) is 0 Å². The Kier molecular flexibility index (Phi) is 6.34. The molecule has 1 aromatic heterocycles. The molecule has 2 rings (SSSR count). The van der Waals surface area contributed by atoms with Crippen LogP contribution in [0.15, 0.2) is 18.3 Å². The molecule has 0 aliphatic carbocycles. The second kappa shape index (κ2) is 8.47. The molecule has 7 nitrogen and oxygen atoms in total. The van der Waals surface area contributed by atoms with Crippen molar-refractivity contribution >= 4 is 11.8 Å². The predicted molar refractivity (Wildman–Crippen MR) is 86.4 cm³/mol. The quantitative estimate of drug-likeness (QED) is 0.849. The fourth-order valence-electron chi connectivity index (χ4n) is 2.67. The number of methoxy groups -OCH3 is 1. The molecule has 2 amide bonds. The van der Waals surface area contributed by atoms with Gasteiger partial charge in [0.05, 0.1) is 13.7 Å². The van der Waals surface area contributed by atoms with E-state index < -0.39 is 0 Å². The summed E-state index contributed by atoms with van der Waals surface area (Å²) in [6.07, 6.45) is 2.44. The Balaban J connectivity index is 1.97. The van der Waals surface area contributed by atoms with Gasteiger partial charge >= 0.3 is 0 Å². The lowest BCUT2D eigenvalue weighted by atomic mass is 10.2. The van der Waals surface area contributed by atoms with E-state index in [0.717, 1.165) is 13.0 Å². The largest absolute Gasteiger partial charge is 0.480 e. The molecule has 1 N–H and O–H groups in total. The number of ether oxygens (including phenoxy) is 1. The van der Waals surface area contributed by atoms with Gasteiger partial charge in [0.15, 0.2) is 0 Å². The van der Waals surface area contributed by atoms with Crippen molar-refractivity contribution in [2.45, 2.75) is 13.3 Å². The normalized spacial score (nSPS) is 15.8. The van der Waals surface area contributed by atoms with Crippen LogP contribution in [-0.4, -0.2) is 73.0 Å². The lowest BCUT2D eigenvalue weighted by molar-refractivity contribution is -0.122. The third-order valence-electron chi connectivity index (χ3n) is 3.81. The first-order valence-electron chi connectivity index (χ1n) is 7.93. The molecule has 0 spiro atoms. The summed E-state index contributed by atoms with van der Waals surface area (Å²) in [5.74, 6) is 0.303. The van der Waals surface area contributed by atoms with Crippen LogP contribution in [0.4, 0.5) is 0 Å². The smallest absolute Gasteiger partial charge is 0.259 e. The zero-order valence-corrected chi connectivity index (χ0v) is 13.7. The van der Waals surface area contributed by atoms with Gasteiger partial charge < -0.3 is 15.0 Å². The topological polar surface area (TPSA) is 74.8 Å². The number of hydrogen-bond donors (Lipinski definition) is 1. The van der Waals surface area contributed by atoms with Crippen molar-refractivity contribution in [3.8, 4) is 5.88 Å². The van der Waals surface area contributed by atoms with Gasteiger partial charge in [-0.15, -0.1) is 0 Å². The average molecular weight is 320 g/mol. The number of carbonyl (C=O) groups is 2. The highest BCUT2D eigenvalue weighted by Crippen LogP contribution is 2.17. The third kappa shape index (κ3) is 4.66. The van der Waals surface area contributed by atoms with Gasteiger partial charge in [-0.05, 0) is 25.5 Å². The van der Waals surface area contributed by atoms with Gasteiger partial charge in [-0.1, -0.05) is 0 Å². The van der Waals surface area contributed by atoms with Crippen LogP contribution in [0.5, 0.6) is 5.88 Å². The molecule has 0 bridgehead atoms. The van der Waals surface area contributed by atoms with Crippen molar-refractivity contribution in [1.82, 2.24) is 20.1 Å². The number of aromatic nitrogens is 1. The van der Waals surface area contributed by atoms with Crippen molar-refractivity contribution in [3.05, 3.63) is 23.9 Å². The summed E-state index contributed by atoms with van der Waals surface area (Å²) in [6.45, 7) is 5.68. The maximum atomic E-state index is 12.7. The Hall–Kier alpha value is -2.15. The number of likely N-dealkylation sites (N-methyl/N-ethyl adjacent to an activating group) is 1. The fourth-order valence-corrected chi connectivity index (χ4v) is 2.67. The van der Waals surface area contributed by atoms with E-state index in [0.29, 0.717) is 44.2 Å². The molecule has 0 saturated carbocycles. The first-order chi connectivity index (χ1) is 11.2. The number of hydrogen-bond acceptors (Lipinski definition) is 5. The van der Waals surface area contributed by atoms with Gasteiger partial charge in [-0.2, -0.15) is 0 Å². The lowest BCUT2D eigenvalue weighted by Gasteiger charge is -2.22. The third-order valence-corrected chi connectivity index (χ3v) is 3.81. The Bertz CT molecular complexity index is 550.